The van der Waals surface area contributed by atoms with Gasteiger partial charge in [-0.25, -0.2) is 17.5 Å². The molecule has 0 aliphatic carbocycles. The Morgan fingerprint density at radius 1 is 1.00 bits per heavy atom. The SMILES string of the molecule is O=S(=O)(Cc1ccc(F)cc1)NCC(c1ccccc1)N1CCCC1. The van der Waals surface area contributed by atoms with Crippen molar-refractivity contribution in [3.63, 3.8) is 0 Å². The summed E-state index contributed by atoms with van der Waals surface area (Å²) < 4.78 is 40.5. The van der Waals surface area contributed by atoms with Gasteiger partial charge in [-0.2, -0.15) is 0 Å². The maximum atomic E-state index is 13.0. The molecule has 2 aromatic carbocycles. The number of nitrogens with one attached hydrogen (secondary N) is 1. The fourth-order valence-corrected chi connectivity index (χ4v) is 4.39. The summed E-state index contributed by atoms with van der Waals surface area (Å²) in [6.45, 7) is 2.31. The summed E-state index contributed by atoms with van der Waals surface area (Å²) >= 11 is 0. The van der Waals surface area contributed by atoms with Crippen LogP contribution < -0.4 is 4.72 Å². The Hall–Kier alpha value is -1.76. The third-order valence-corrected chi connectivity index (χ3v) is 5.85. The molecule has 1 fully saturated rings. The van der Waals surface area contributed by atoms with E-state index in [-0.39, 0.29) is 17.6 Å². The summed E-state index contributed by atoms with van der Waals surface area (Å²) in [6, 6.07) is 15.6. The van der Waals surface area contributed by atoms with Crippen molar-refractivity contribution in [3.05, 3.63) is 71.5 Å². The van der Waals surface area contributed by atoms with Gasteiger partial charge in [0.2, 0.25) is 10.0 Å². The summed E-state index contributed by atoms with van der Waals surface area (Å²) in [6.07, 6.45) is 2.29. The molecule has 1 aliphatic heterocycles. The van der Waals surface area contributed by atoms with Crippen molar-refractivity contribution in [1.82, 2.24) is 9.62 Å². The molecule has 1 heterocycles. The number of likely N-dealkylation sites (tertiary alicyclic amines) is 1. The molecule has 134 valence electrons. The summed E-state index contributed by atoms with van der Waals surface area (Å²) in [4.78, 5) is 2.33. The zero-order chi connectivity index (χ0) is 17.7. The number of benzene rings is 2. The Kier molecular flexibility index (Phi) is 5.83. The van der Waals surface area contributed by atoms with Gasteiger partial charge in [0.25, 0.3) is 0 Å². The van der Waals surface area contributed by atoms with Crippen molar-refractivity contribution in [2.45, 2.75) is 24.6 Å². The van der Waals surface area contributed by atoms with E-state index in [9.17, 15) is 12.8 Å². The summed E-state index contributed by atoms with van der Waals surface area (Å²) in [5.41, 5.74) is 1.69. The van der Waals surface area contributed by atoms with Gasteiger partial charge in [-0.3, -0.25) is 4.90 Å². The van der Waals surface area contributed by atoms with Gasteiger partial charge < -0.3 is 0 Å². The van der Waals surface area contributed by atoms with Crippen LogP contribution in [0.25, 0.3) is 0 Å². The van der Waals surface area contributed by atoms with Crippen LogP contribution in [0.15, 0.2) is 54.6 Å². The van der Waals surface area contributed by atoms with Crippen molar-refractivity contribution in [2.75, 3.05) is 19.6 Å². The molecule has 0 saturated carbocycles. The first-order chi connectivity index (χ1) is 12.0. The first kappa shape index (κ1) is 18.0. The summed E-state index contributed by atoms with van der Waals surface area (Å²) in [5, 5.41) is 0. The summed E-state index contributed by atoms with van der Waals surface area (Å²) in [7, 11) is -3.48. The van der Waals surface area contributed by atoms with E-state index >= 15 is 0 Å². The zero-order valence-electron chi connectivity index (χ0n) is 14.1. The molecular weight excluding hydrogens is 339 g/mol. The lowest BCUT2D eigenvalue weighted by atomic mass is 10.1. The molecule has 0 spiro atoms. The third kappa shape index (κ3) is 5.11. The molecule has 2 aromatic rings. The van der Waals surface area contributed by atoms with Gasteiger partial charge in [-0.15, -0.1) is 0 Å². The van der Waals surface area contributed by atoms with Crippen LogP contribution in [0.5, 0.6) is 0 Å². The number of hydrogen-bond acceptors (Lipinski definition) is 3. The van der Waals surface area contributed by atoms with Crippen LogP contribution in [0, 0.1) is 5.82 Å². The number of nitrogens with zero attached hydrogens (tertiary/aromatic N) is 1. The first-order valence-corrected chi connectivity index (χ1v) is 10.2. The number of halogens is 1. The molecular formula is C19H23FN2O2S. The van der Waals surface area contributed by atoms with E-state index in [0.29, 0.717) is 12.1 Å². The molecule has 25 heavy (non-hydrogen) atoms. The zero-order valence-corrected chi connectivity index (χ0v) is 14.9. The van der Waals surface area contributed by atoms with Crippen molar-refractivity contribution in [3.8, 4) is 0 Å². The second-order valence-corrected chi connectivity index (χ2v) is 8.21. The van der Waals surface area contributed by atoms with E-state index in [1.807, 2.05) is 30.3 Å². The van der Waals surface area contributed by atoms with Crippen LogP contribution in [-0.4, -0.2) is 33.0 Å². The van der Waals surface area contributed by atoms with Crippen LogP contribution >= 0.6 is 0 Å². The minimum absolute atomic E-state index is 0.0340. The minimum Gasteiger partial charge on any atom is -0.295 e. The Morgan fingerprint density at radius 3 is 2.28 bits per heavy atom. The van der Waals surface area contributed by atoms with E-state index in [1.165, 1.54) is 24.3 Å². The third-order valence-electron chi connectivity index (χ3n) is 4.53. The van der Waals surface area contributed by atoms with Gasteiger partial charge >= 0.3 is 0 Å². The maximum Gasteiger partial charge on any atom is 0.215 e. The normalized spacial score (nSPS) is 16.8. The topological polar surface area (TPSA) is 49.4 Å². The van der Waals surface area contributed by atoms with Crippen LogP contribution in [0.4, 0.5) is 4.39 Å². The van der Waals surface area contributed by atoms with Crippen LogP contribution in [0.1, 0.15) is 30.0 Å². The van der Waals surface area contributed by atoms with Gasteiger partial charge in [0.15, 0.2) is 0 Å². The van der Waals surface area contributed by atoms with Crippen LogP contribution in [0.2, 0.25) is 0 Å². The van der Waals surface area contributed by atoms with Crippen molar-refractivity contribution < 1.29 is 12.8 Å². The lowest BCUT2D eigenvalue weighted by Crippen LogP contribution is -2.37. The highest BCUT2D eigenvalue weighted by Gasteiger charge is 2.25. The smallest absolute Gasteiger partial charge is 0.215 e. The molecule has 6 heteroatoms. The molecule has 0 aromatic heterocycles. The molecule has 1 aliphatic rings. The molecule has 1 N–H and O–H groups in total. The number of hydrogen-bond donors (Lipinski definition) is 1. The monoisotopic (exact) mass is 362 g/mol. The first-order valence-electron chi connectivity index (χ1n) is 8.54. The summed E-state index contributed by atoms with van der Waals surface area (Å²) in [5.74, 6) is -0.512. The lowest BCUT2D eigenvalue weighted by Gasteiger charge is -2.28. The second-order valence-electron chi connectivity index (χ2n) is 6.40. The predicted octanol–water partition coefficient (Wildman–Crippen LogP) is 3.08. The highest BCUT2D eigenvalue weighted by Crippen LogP contribution is 2.24. The predicted molar refractivity (Wildman–Crippen MR) is 97.0 cm³/mol. The second kappa shape index (κ2) is 8.08. The highest BCUT2D eigenvalue weighted by atomic mass is 32.2. The Balaban J connectivity index is 1.68. The Morgan fingerprint density at radius 2 is 1.64 bits per heavy atom. The molecule has 0 amide bonds. The van der Waals surface area contributed by atoms with Crippen LogP contribution in [-0.2, 0) is 15.8 Å². The van der Waals surface area contributed by atoms with Crippen molar-refractivity contribution >= 4 is 10.0 Å². The molecule has 4 nitrogen and oxygen atoms in total. The molecule has 0 bridgehead atoms. The quantitative estimate of drug-likeness (QED) is 0.823. The fraction of sp³-hybridized carbons (Fsp3) is 0.368. The molecule has 1 atom stereocenters. The van der Waals surface area contributed by atoms with Gasteiger partial charge in [0.05, 0.1) is 5.75 Å². The lowest BCUT2D eigenvalue weighted by molar-refractivity contribution is 0.246. The maximum absolute atomic E-state index is 13.0. The van der Waals surface area contributed by atoms with Crippen molar-refractivity contribution in [1.29, 1.82) is 0 Å². The van der Waals surface area contributed by atoms with Gasteiger partial charge in [-0.1, -0.05) is 42.5 Å². The molecule has 0 radical (unpaired) electrons. The van der Waals surface area contributed by atoms with E-state index in [4.69, 9.17) is 0 Å². The van der Waals surface area contributed by atoms with Gasteiger partial charge in [0.1, 0.15) is 5.82 Å². The molecule has 1 saturated heterocycles. The Bertz CT molecular complexity index is 773. The van der Waals surface area contributed by atoms with Gasteiger partial charge in [0, 0.05) is 12.6 Å². The molecule has 3 rings (SSSR count). The largest absolute Gasteiger partial charge is 0.295 e. The van der Waals surface area contributed by atoms with Crippen LogP contribution in [0.3, 0.4) is 0 Å². The standard InChI is InChI=1S/C19H23FN2O2S/c20-18-10-8-16(9-11-18)15-25(23,24)21-14-19(22-12-4-5-13-22)17-6-2-1-3-7-17/h1-3,6-11,19,21H,4-5,12-15H2. The molecule has 1 unspecified atom stereocenters. The number of sulfonamides is 1. The van der Waals surface area contributed by atoms with Gasteiger partial charge in [-0.05, 0) is 49.2 Å². The van der Waals surface area contributed by atoms with Crippen molar-refractivity contribution in [2.24, 2.45) is 0 Å². The average Bonchev–Trinajstić information content (AvgIpc) is 3.12. The average molecular weight is 362 g/mol. The minimum atomic E-state index is -3.48. The Labute approximate surface area is 148 Å². The van der Waals surface area contributed by atoms with E-state index in [0.717, 1.165) is 31.5 Å². The van der Waals surface area contributed by atoms with E-state index in [1.54, 1.807) is 0 Å². The number of rotatable bonds is 7. The van der Waals surface area contributed by atoms with E-state index in [2.05, 4.69) is 9.62 Å². The fourth-order valence-electron chi connectivity index (χ4n) is 3.24. The highest BCUT2D eigenvalue weighted by molar-refractivity contribution is 7.88. The van der Waals surface area contributed by atoms with E-state index < -0.39 is 10.0 Å².